The van der Waals surface area contributed by atoms with Crippen molar-refractivity contribution in [3.8, 4) is 0 Å². The van der Waals surface area contributed by atoms with E-state index in [2.05, 4.69) is 15.0 Å². The van der Waals surface area contributed by atoms with E-state index in [1.807, 2.05) is 32.0 Å². The molecule has 1 amide bonds. The molecule has 0 saturated carbocycles. The van der Waals surface area contributed by atoms with Crippen LogP contribution in [0.1, 0.15) is 21.6 Å². The summed E-state index contributed by atoms with van der Waals surface area (Å²) in [6.07, 6.45) is 0. The number of benzene rings is 1. The van der Waals surface area contributed by atoms with Crippen LogP contribution in [0.4, 0.5) is 10.8 Å². The van der Waals surface area contributed by atoms with E-state index in [9.17, 15) is 13.2 Å². The van der Waals surface area contributed by atoms with E-state index in [1.54, 1.807) is 11.4 Å². The highest BCUT2D eigenvalue weighted by Gasteiger charge is 2.18. The summed E-state index contributed by atoms with van der Waals surface area (Å²) in [5.41, 5.74) is 2.92. The van der Waals surface area contributed by atoms with Gasteiger partial charge < -0.3 is 5.32 Å². The highest BCUT2D eigenvalue weighted by molar-refractivity contribution is 7.94. The third-order valence-electron chi connectivity index (χ3n) is 3.20. The lowest BCUT2D eigenvalue weighted by molar-refractivity contribution is 0.102. The first kappa shape index (κ1) is 17.6. The van der Waals surface area contributed by atoms with Crippen LogP contribution in [-0.2, 0) is 10.0 Å². The molecule has 2 aromatic heterocycles. The SMILES string of the molecule is Cc1cc(C)cc(NC(=O)c2csc(NS(=O)(=O)c3cccs3)n2)c1. The van der Waals surface area contributed by atoms with Gasteiger partial charge in [-0.15, -0.1) is 22.7 Å². The van der Waals surface area contributed by atoms with Crippen molar-refractivity contribution in [3.05, 3.63) is 57.9 Å². The van der Waals surface area contributed by atoms with Gasteiger partial charge in [-0.2, -0.15) is 0 Å². The van der Waals surface area contributed by atoms with Gasteiger partial charge in [-0.3, -0.25) is 9.52 Å². The van der Waals surface area contributed by atoms with Crippen LogP contribution >= 0.6 is 22.7 Å². The Hall–Kier alpha value is -2.23. The number of hydrogen-bond acceptors (Lipinski definition) is 6. The predicted octanol–water partition coefficient (Wildman–Crippen LogP) is 3.87. The van der Waals surface area contributed by atoms with Crippen molar-refractivity contribution in [2.75, 3.05) is 10.0 Å². The van der Waals surface area contributed by atoms with E-state index in [1.165, 1.54) is 11.4 Å². The third-order valence-corrected chi connectivity index (χ3v) is 6.82. The zero-order chi connectivity index (χ0) is 18.0. The number of carbonyl (C=O) groups excluding carboxylic acids is 1. The average molecular weight is 394 g/mol. The second kappa shape index (κ2) is 6.95. The monoisotopic (exact) mass is 393 g/mol. The number of anilines is 2. The Balaban J connectivity index is 1.73. The molecule has 0 aliphatic rings. The van der Waals surface area contributed by atoms with Gasteiger partial charge in [0, 0.05) is 11.1 Å². The minimum absolute atomic E-state index is 0.152. The molecule has 0 spiro atoms. The molecule has 0 atom stereocenters. The number of thiazole rings is 1. The van der Waals surface area contributed by atoms with E-state index >= 15 is 0 Å². The lowest BCUT2D eigenvalue weighted by Crippen LogP contribution is -2.14. The van der Waals surface area contributed by atoms with Gasteiger partial charge in [-0.05, 0) is 48.6 Å². The topological polar surface area (TPSA) is 88.2 Å². The number of sulfonamides is 1. The molecule has 0 bridgehead atoms. The van der Waals surface area contributed by atoms with Crippen LogP contribution in [0.5, 0.6) is 0 Å². The van der Waals surface area contributed by atoms with Crippen LogP contribution < -0.4 is 10.0 Å². The summed E-state index contributed by atoms with van der Waals surface area (Å²) in [7, 11) is -3.67. The molecule has 0 unspecified atom stereocenters. The van der Waals surface area contributed by atoms with Gasteiger partial charge in [0.1, 0.15) is 9.90 Å². The molecule has 0 aliphatic carbocycles. The Morgan fingerprint density at radius 3 is 2.48 bits per heavy atom. The maximum atomic E-state index is 12.3. The molecule has 0 fully saturated rings. The highest BCUT2D eigenvalue weighted by atomic mass is 32.2. The minimum atomic E-state index is -3.67. The molecule has 0 saturated heterocycles. The van der Waals surface area contributed by atoms with Crippen LogP contribution in [0, 0.1) is 13.8 Å². The summed E-state index contributed by atoms with van der Waals surface area (Å²) in [4.78, 5) is 16.4. The number of thiophene rings is 1. The average Bonchev–Trinajstić information content (AvgIpc) is 3.17. The van der Waals surface area contributed by atoms with Crippen LogP contribution in [0.15, 0.2) is 45.3 Å². The molecule has 1 aromatic carbocycles. The van der Waals surface area contributed by atoms with Gasteiger partial charge in [-0.1, -0.05) is 12.1 Å². The van der Waals surface area contributed by atoms with Gasteiger partial charge in [0.05, 0.1) is 0 Å². The van der Waals surface area contributed by atoms with Crippen LogP contribution in [-0.4, -0.2) is 19.3 Å². The summed E-state index contributed by atoms with van der Waals surface area (Å²) in [5, 5.41) is 6.12. The van der Waals surface area contributed by atoms with Crippen molar-refractivity contribution in [3.63, 3.8) is 0 Å². The van der Waals surface area contributed by atoms with Crippen molar-refractivity contribution in [1.82, 2.24) is 4.98 Å². The van der Waals surface area contributed by atoms with Crippen LogP contribution in [0.25, 0.3) is 0 Å². The fourth-order valence-electron chi connectivity index (χ4n) is 2.25. The molecule has 25 heavy (non-hydrogen) atoms. The predicted molar refractivity (Wildman–Crippen MR) is 101 cm³/mol. The Morgan fingerprint density at radius 1 is 1.12 bits per heavy atom. The quantitative estimate of drug-likeness (QED) is 0.689. The fourth-order valence-corrected chi connectivity index (χ4v) is 5.18. The van der Waals surface area contributed by atoms with Gasteiger partial charge in [0.15, 0.2) is 5.13 Å². The zero-order valence-electron chi connectivity index (χ0n) is 13.4. The number of amides is 1. The van der Waals surface area contributed by atoms with E-state index < -0.39 is 10.0 Å². The molecule has 3 aromatic rings. The second-order valence-electron chi connectivity index (χ2n) is 5.41. The van der Waals surface area contributed by atoms with Crippen molar-refractivity contribution >= 4 is 49.4 Å². The number of aryl methyl sites for hydroxylation is 2. The van der Waals surface area contributed by atoms with Crippen molar-refractivity contribution in [1.29, 1.82) is 0 Å². The molecule has 2 heterocycles. The van der Waals surface area contributed by atoms with Gasteiger partial charge >= 0.3 is 0 Å². The Labute approximate surface area is 153 Å². The number of hydrogen-bond donors (Lipinski definition) is 2. The van der Waals surface area contributed by atoms with Crippen molar-refractivity contribution in [2.24, 2.45) is 0 Å². The summed E-state index contributed by atoms with van der Waals surface area (Å²) in [6, 6.07) is 8.89. The minimum Gasteiger partial charge on any atom is -0.321 e. The number of nitrogens with zero attached hydrogens (tertiary/aromatic N) is 1. The van der Waals surface area contributed by atoms with Crippen molar-refractivity contribution in [2.45, 2.75) is 18.1 Å². The smallest absolute Gasteiger partial charge is 0.275 e. The second-order valence-corrected chi connectivity index (χ2v) is 9.12. The van der Waals surface area contributed by atoms with Gasteiger partial charge in [0.2, 0.25) is 0 Å². The first-order valence-corrected chi connectivity index (χ1v) is 10.5. The molecule has 0 aliphatic heterocycles. The highest BCUT2D eigenvalue weighted by Crippen LogP contribution is 2.23. The van der Waals surface area contributed by atoms with Crippen LogP contribution in [0.3, 0.4) is 0 Å². The molecule has 6 nitrogen and oxygen atoms in total. The Morgan fingerprint density at radius 2 is 1.84 bits per heavy atom. The first-order valence-electron chi connectivity index (χ1n) is 7.25. The standard InChI is InChI=1S/C16H15N3O3S3/c1-10-6-11(2)8-12(7-10)17-15(20)13-9-24-16(18-13)19-25(21,22)14-4-3-5-23-14/h3-9H,1-2H3,(H,17,20)(H,18,19). The number of aromatic nitrogens is 1. The summed E-state index contributed by atoms with van der Waals surface area (Å²) in [6.45, 7) is 3.89. The van der Waals surface area contributed by atoms with Crippen LogP contribution in [0.2, 0.25) is 0 Å². The number of rotatable bonds is 5. The maximum absolute atomic E-state index is 12.3. The third kappa shape index (κ3) is 4.25. The van der Waals surface area contributed by atoms with E-state index in [-0.39, 0.29) is 20.9 Å². The summed E-state index contributed by atoms with van der Waals surface area (Å²) < 4.78 is 26.9. The molecular weight excluding hydrogens is 378 g/mol. The molecule has 130 valence electrons. The van der Waals surface area contributed by atoms with Crippen molar-refractivity contribution < 1.29 is 13.2 Å². The number of nitrogens with one attached hydrogen (secondary N) is 2. The molecule has 2 N–H and O–H groups in total. The zero-order valence-corrected chi connectivity index (χ0v) is 15.9. The lowest BCUT2D eigenvalue weighted by Gasteiger charge is -2.06. The summed E-state index contributed by atoms with van der Waals surface area (Å²) >= 11 is 2.18. The summed E-state index contributed by atoms with van der Waals surface area (Å²) in [5.74, 6) is -0.386. The maximum Gasteiger partial charge on any atom is 0.275 e. The molecular formula is C16H15N3O3S3. The number of carbonyl (C=O) groups is 1. The van der Waals surface area contributed by atoms with E-state index in [4.69, 9.17) is 0 Å². The Kier molecular flexibility index (Phi) is 4.89. The van der Waals surface area contributed by atoms with Gasteiger partial charge in [-0.25, -0.2) is 13.4 Å². The van der Waals surface area contributed by atoms with E-state index in [0.29, 0.717) is 5.69 Å². The molecule has 9 heteroatoms. The molecule has 0 radical (unpaired) electrons. The van der Waals surface area contributed by atoms with E-state index in [0.717, 1.165) is 33.8 Å². The normalized spacial score (nSPS) is 11.3. The fraction of sp³-hybridized carbons (Fsp3) is 0.125. The molecule has 3 rings (SSSR count). The largest absolute Gasteiger partial charge is 0.321 e. The Bertz CT molecular complexity index is 988. The first-order chi connectivity index (χ1) is 11.8. The lowest BCUT2D eigenvalue weighted by atomic mass is 10.1. The van der Waals surface area contributed by atoms with Gasteiger partial charge in [0.25, 0.3) is 15.9 Å².